The zero-order chi connectivity index (χ0) is 27.1. The lowest BCUT2D eigenvalue weighted by Gasteiger charge is -2.10. The monoisotopic (exact) mass is 520 g/mol. The van der Waals surface area contributed by atoms with Gasteiger partial charge >= 0.3 is 0 Å². The van der Waals surface area contributed by atoms with Crippen molar-refractivity contribution in [3.63, 3.8) is 0 Å². The van der Waals surface area contributed by atoms with Crippen molar-refractivity contribution in [1.82, 2.24) is 0 Å². The van der Waals surface area contributed by atoms with E-state index in [-0.39, 0.29) is 29.0 Å². The lowest BCUT2D eigenvalue weighted by molar-refractivity contribution is 0.309. The van der Waals surface area contributed by atoms with Crippen LogP contribution in [0.2, 0.25) is 0 Å². The maximum Gasteiger partial charge on any atom is 0.201 e. The molecule has 4 aromatic carbocycles. The number of hydrogen-bond acceptors (Lipinski definition) is 2. The molecule has 0 aromatic heterocycles. The molecule has 38 heavy (non-hydrogen) atoms. The molecular weight excluding hydrogens is 492 g/mol. The molecule has 0 unspecified atom stereocenters. The molecule has 0 spiro atoms. The fraction of sp³-hybridized carbons (Fsp3) is 0.188. The van der Waals surface area contributed by atoms with Crippen LogP contribution in [0, 0.1) is 23.3 Å². The van der Waals surface area contributed by atoms with Gasteiger partial charge < -0.3 is 9.47 Å². The summed E-state index contributed by atoms with van der Waals surface area (Å²) in [5, 5.41) is 0. The smallest absolute Gasteiger partial charge is 0.201 e. The number of ether oxygens (including phenoxy) is 2. The maximum absolute atomic E-state index is 14.9. The summed E-state index contributed by atoms with van der Waals surface area (Å²) in [5.41, 5.74) is 2.07. The van der Waals surface area contributed by atoms with Gasteiger partial charge in [0.1, 0.15) is 5.75 Å². The highest BCUT2D eigenvalue weighted by Gasteiger charge is 2.16. The van der Waals surface area contributed by atoms with Gasteiger partial charge in [-0.15, -0.1) is 0 Å². The zero-order valence-corrected chi connectivity index (χ0v) is 21.2. The Morgan fingerprint density at radius 3 is 1.84 bits per heavy atom. The third kappa shape index (κ3) is 6.08. The summed E-state index contributed by atoms with van der Waals surface area (Å²) >= 11 is 0. The van der Waals surface area contributed by atoms with E-state index in [0.29, 0.717) is 29.0 Å². The van der Waals surface area contributed by atoms with Crippen molar-refractivity contribution in [3.05, 3.63) is 107 Å². The van der Waals surface area contributed by atoms with Crippen molar-refractivity contribution in [1.29, 1.82) is 0 Å². The first-order chi connectivity index (χ1) is 18.4. The molecule has 0 heterocycles. The van der Waals surface area contributed by atoms with Crippen LogP contribution in [0.25, 0.3) is 34.4 Å². The predicted molar refractivity (Wildman–Crippen MR) is 144 cm³/mol. The molecule has 0 saturated heterocycles. The van der Waals surface area contributed by atoms with E-state index in [4.69, 9.17) is 9.47 Å². The van der Waals surface area contributed by atoms with Gasteiger partial charge in [0, 0.05) is 16.7 Å². The van der Waals surface area contributed by atoms with Crippen LogP contribution < -0.4 is 9.47 Å². The molecule has 6 heteroatoms. The average Bonchev–Trinajstić information content (AvgIpc) is 2.93. The van der Waals surface area contributed by atoms with Gasteiger partial charge in [-0.25, -0.2) is 13.2 Å². The van der Waals surface area contributed by atoms with Crippen LogP contribution in [-0.2, 0) is 0 Å². The summed E-state index contributed by atoms with van der Waals surface area (Å²) in [5.74, 6) is -3.37. The summed E-state index contributed by atoms with van der Waals surface area (Å²) in [4.78, 5) is 0. The Balaban J connectivity index is 1.49. The Morgan fingerprint density at radius 2 is 1.21 bits per heavy atom. The highest BCUT2D eigenvalue weighted by molar-refractivity contribution is 5.74. The van der Waals surface area contributed by atoms with Gasteiger partial charge in [-0.1, -0.05) is 74.0 Å². The standard InChI is InChI=1S/C32H28F4O2/c1-3-5-20-38-25-15-12-23(13-16-25)26-17-14-24(29(33)30(26)34)11-8-21-6-9-22(10-7-21)27-18-19-28(37-4-2)32(36)31(27)35/h6-19H,3-5,20H2,1-2H3/b11-8+. The van der Waals surface area contributed by atoms with Gasteiger partial charge in [-0.2, -0.15) is 4.39 Å². The van der Waals surface area contributed by atoms with Crippen LogP contribution in [0.15, 0.2) is 72.8 Å². The molecular formula is C32H28F4O2. The average molecular weight is 521 g/mol. The fourth-order valence-electron chi connectivity index (χ4n) is 3.96. The van der Waals surface area contributed by atoms with Crippen molar-refractivity contribution in [2.45, 2.75) is 26.7 Å². The molecule has 0 atom stereocenters. The second-order valence-electron chi connectivity index (χ2n) is 8.68. The van der Waals surface area contributed by atoms with E-state index in [1.165, 1.54) is 30.3 Å². The van der Waals surface area contributed by atoms with Crippen LogP contribution in [0.5, 0.6) is 11.5 Å². The first-order valence-electron chi connectivity index (χ1n) is 12.5. The summed E-state index contributed by atoms with van der Waals surface area (Å²) < 4.78 is 69.2. The Labute approximate surface area is 220 Å². The normalized spacial score (nSPS) is 11.2. The van der Waals surface area contributed by atoms with Crippen molar-refractivity contribution >= 4 is 12.2 Å². The molecule has 196 valence electrons. The largest absolute Gasteiger partial charge is 0.494 e. The number of unbranched alkanes of at least 4 members (excludes halogenated alkanes) is 1. The molecule has 0 N–H and O–H groups in total. The number of hydrogen-bond donors (Lipinski definition) is 0. The quantitative estimate of drug-likeness (QED) is 0.118. The van der Waals surface area contributed by atoms with Gasteiger partial charge in [0.2, 0.25) is 5.82 Å². The van der Waals surface area contributed by atoms with E-state index >= 15 is 0 Å². The van der Waals surface area contributed by atoms with E-state index in [1.54, 1.807) is 61.5 Å². The number of halogens is 4. The molecule has 0 bridgehead atoms. The highest BCUT2D eigenvalue weighted by Crippen LogP contribution is 2.31. The lowest BCUT2D eigenvalue weighted by atomic mass is 10.0. The molecule has 0 aliphatic heterocycles. The molecule has 0 aliphatic rings. The molecule has 4 rings (SSSR count). The first-order valence-corrected chi connectivity index (χ1v) is 12.5. The minimum atomic E-state index is -1.04. The topological polar surface area (TPSA) is 18.5 Å². The van der Waals surface area contributed by atoms with Crippen LogP contribution in [0.3, 0.4) is 0 Å². The number of benzene rings is 4. The Bertz CT molecular complexity index is 1410. The molecule has 0 fully saturated rings. The van der Waals surface area contributed by atoms with Gasteiger partial charge in [0.25, 0.3) is 0 Å². The Hall–Kier alpha value is -4.06. The lowest BCUT2D eigenvalue weighted by Crippen LogP contribution is -1.98. The minimum Gasteiger partial charge on any atom is -0.494 e. The third-order valence-corrected chi connectivity index (χ3v) is 6.07. The molecule has 0 saturated carbocycles. The van der Waals surface area contributed by atoms with Crippen LogP contribution >= 0.6 is 0 Å². The SMILES string of the molecule is CCCCOc1ccc(-c2ccc(/C=C/c3ccc(-c4ccc(OCC)c(F)c4F)cc3)c(F)c2F)cc1. The molecule has 0 aliphatic carbocycles. The second kappa shape index (κ2) is 12.5. The fourth-order valence-corrected chi connectivity index (χ4v) is 3.96. The van der Waals surface area contributed by atoms with Gasteiger partial charge in [-0.05, 0) is 54.3 Å². The first kappa shape index (κ1) is 27.0. The van der Waals surface area contributed by atoms with E-state index in [0.717, 1.165) is 12.8 Å². The third-order valence-electron chi connectivity index (χ3n) is 6.07. The van der Waals surface area contributed by atoms with Crippen LogP contribution in [-0.4, -0.2) is 13.2 Å². The summed E-state index contributed by atoms with van der Waals surface area (Å²) in [6.07, 6.45) is 5.07. The zero-order valence-electron chi connectivity index (χ0n) is 21.2. The summed E-state index contributed by atoms with van der Waals surface area (Å²) in [6, 6.07) is 19.4. The van der Waals surface area contributed by atoms with Crippen molar-refractivity contribution in [3.8, 4) is 33.8 Å². The minimum absolute atomic E-state index is 0.0921. The Morgan fingerprint density at radius 1 is 0.605 bits per heavy atom. The van der Waals surface area contributed by atoms with Crippen LogP contribution in [0.4, 0.5) is 17.6 Å². The second-order valence-corrected chi connectivity index (χ2v) is 8.68. The number of rotatable bonds is 10. The molecule has 4 aromatic rings. The van der Waals surface area contributed by atoms with Gasteiger partial charge in [0.05, 0.1) is 13.2 Å². The Kier molecular flexibility index (Phi) is 8.85. The maximum atomic E-state index is 14.9. The summed E-state index contributed by atoms with van der Waals surface area (Å²) in [6.45, 7) is 4.61. The molecule has 2 nitrogen and oxygen atoms in total. The van der Waals surface area contributed by atoms with Gasteiger partial charge in [0.15, 0.2) is 23.2 Å². The molecule has 0 radical (unpaired) electrons. The molecule has 0 amide bonds. The van der Waals surface area contributed by atoms with E-state index in [1.807, 2.05) is 0 Å². The van der Waals surface area contributed by atoms with E-state index in [9.17, 15) is 17.6 Å². The highest BCUT2D eigenvalue weighted by atomic mass is 19.2. The van der Waals surface area contributed by atoms with Crippen molar-refractivity contribution in [2.24, 2.45) is 0 Å². The van der Waals surface area contributed by atoms with E-state index < -0.39 is 23.3 Å². The van der Waals surface area contributed by atoms with Gasteiger partial charge in [-0.3, -0.25) is 0 Å². The van der Waals surface area contributed by atoms with E-state index in [2.05, 4.69) is 6.92 Å². The summed E-state index contributed by atoms with van der Waals surface area (Å²) in [7, 11) is 0. The van der Waals surface area contributed by atoms with Crippen LogP contribution in [0.1, 0.15) is 37.8 Å². The van der Waals surface area contributed by atoms with Crippen molar-refractivity contribution in [2.75, 3.05) is 13.2 Å². The predicted octanol–water partition coefficient (Wildman–Crippen LogP) is 9.32. The van der Waals surface area contributed by atoms with Crippen molar-refractivity contribution < 1.29 is 27.0 Å².